The minimum absolute atomic E-state index is 0.106. The molecule has 0 saturated heterocycles. The summed E-state index contributed by atoms with van der Waals surface area (Å²) in [7, 11) is -9.92. The molecule has 0 aliphatic rings. The van der Waals surface area contributed by atoms with Crippen LogP contribution in [0.5, 0.6) is 0 Å². The van der Waals surface area contributed by atoms with E-state index in [9.17, 15) is 43.2 Å². The lowest BCUT2D eigenvalue weighted by Gasteiger charge is -2.21. The van der Waals surface area contributed by atoms with Crippen LogP contribution in [0, 0.1) is 11.8 Å². The first kappa shape index (κ1) is 99.1. The maximum atomic E-state index is 13.1. The average molecular weight is 1480 g/mol. The van der Waals surface area contributed by atoms with E-state index in [1.165, 1.54) is 250 Å². The Hall–Kier alpha value is -1.94. The van der Waals surface area contributed by atoms with E-state index in [4.69, 9.17) is 37.0 Å². The molecule has 17 nitrogen and oxygen atoms in total. The molecule has 600 valence electrons. The summed E-state index contributed by atoms with van der Waals surface area (Å²) >= 11 is 0. The van der Waals surface area contributed by atoms with Crippen LogP contribution >= 0.6 is 15.6 Å². The zero-order valence-corrected chi connectivity index (χ0v) is 68.0. The van der Waals surface area contributed by atoms with Gasteiger partial charge in [0.15, 0.2) is 12.2 Å². The van der Waals surface area contributed by atoms with Crippen LogP contribution in [0.3, 0.4) is 0 Å². The Kier molecular flexibility index (Phi) is 72.2. The highest BCUT2D eigenvalue weighted by atomic mass is 31.2. The SMILES string of the molecule is CCCCCCCCCCCCCCCCCCC(=O)OC[C@H](COP(=O)(O)OC[C@@H](O)COP(=O)(O)OC[C@@H](COC(=O)CCCCCCCCCCCCCC)OC(=O)CCCCCCCCCCCC(C)C)OC(=O)CCCCCCCCCCCCCCCCCCCCC(C)C. The first-order valence-electron chi connectivity index (χ1n) is 42.5. The third-order valence-electron chi connectivity index (χ3n) is 19.2. The number of aliphatic hydroxyl groups is 1. The standard InChI is InChI=1S/C82H160O17P2/c1-7-9-11-13-15-17-19-21-22-28-31-35-41-47-53-59-65-80(85)93-70-77(98-81(86)66-60-54-48-42-36-32-29-26-24-23-25-27-30-33-38-44-50-56-62-74(3)4)72-96-100(88,89)94-68-76(83)69-95-101(90,91)97-73-78(99-82(87)67-61-55-49-43-37-39-45-51-57-63-75(5)6)71-92-79(84)64-58-52-46-40-34-20-18-16-14-12-10-8-2/h74-78,83H,7-73H2,1-6H3,(H,88,89)(H,90,91)/t76-,77-,78-/m1/s1. The first-order chi connectivity index (χ1) is 48.9. The van der Waals surface area contributed by atoms with Crippen LogP contribution in [-0.4, -0.2) is 96.7 Å². The molecule has 101 heavy (non-hydrogen) atoms. The molecule has 0 aromatic rings. The highest BCUT2D eigenvalue weighted by molar-refractivity contribution is 7.47. The quantitative estimate of drug-likeness (QED) is 0.0222. The van der Waals surface area contributed by atoms with Gasteiger partial charge in [0.05, 0.1) is 26.4 Å². The first-order valence-corrected chi connectivity index (χ1v) is 45.5. The molecule has 0 aromatic heterocycles. The molecular weight excluding hydrogens is 1320 g/mol. The highest BCUT2D eigenvalue weighted by Gasteiger charge is 2.30. The summed E-state index contributed by atoms with van der Waals surface area (Å²) in [6, 6.07) is 0. The summed E-state index contributed by atoms with van der Waals surface area (Å²) in [5, 5.41) is 10.6. The second-order valence-corrected chi connectivity index (χ2v) is 33.4. The number of carbonyl (C=O) groups is 4. The minimum Gasteiger partial charge on any atom is -0.462 e. The Labute approximate surface area is 619 Å². The van der Waals surface area contributed by atoms with Crippen LogP contribution < -0.4 is 0 Å². The van der Waals surface area contributed by atoms with E-state index in [2.05, 4.69) is 41.5 Å². The normalized spacial score (nSPS) is 13.9. The number of hydrogen-bond acceptors (Lipinski definition) is 15. The fourth-order valence-corrected chi connectivity index (χ4v) is 14.3. The third-order valence-corrected chi connectivity index (χ3v) is 21.1. The molecule has 0 amide bonds. The van der Waals surface area contributed by atoms with Crippen molar-refractivity contribution in [3.8, 4) is 0 Å². The molecule has 0 spiro atoms. The van der Waals surface area contributed by atoms with Crippen LogP contribution in [0.25, 0.3) is 0 Å². The second kappa shape index (κ2) is 73.6. The predicted molar refractivity (Wildman–Crippen MR) is 414 cm³/mol. The summed E-state index contributed by atoms with van der Waals surface area (Å²) < 4.78 is 68.7. The number of hydrogen-bond donors (Lipinski definition) is 3. The van der Waals surface area contributed by atoms with Crippen molar-refractivity contribution in [2.75, 3.05) is 39.6 Å². The molecule has 0 rings (SSSR count). The molecule has 0 radical (unpaired) electrons. The highest BCUT2D eigenvalue weighted by Crippen LogP contribution is 2.45. The summed E-state index contributed by atoms with van der Waals surface area (Å²) in [6.07, 6.45) is 63.8. The molecule has 0 aromatic carbocycles. The maximum Gasteiger partial charge on any atom is 0.472 e. The number of rotatable bonds is 81. The molecular formula is C82H160O17P2. The number of aliphatic hydroxyl groups excluding tert-OH is 1. The number of unbranched alkanes of at least 4 members (excludes halogenated alkanes) is 51. The second-order valence-electron chi connectivity index (χ2n) is 30.5. The van der Waals surface area contributed by atoms with E-state index in [0.717, 1.165) is 102 Å². The molecule has 2 unspecified atom stereocenters. The zero-order valence-electron chi connectivity index (χ0n) is 66.2. The number of esters is 4. The molecule has 0 aliphatic heterocycles. The average Bonchev–Trinajstić information content (AvgIpc) is 0.930. The molecule has 0 saturated carbocycles. The van der Waals surface area contributed by atoms with Gasteiger partial charge >= 0.3 is 39.5 Å². The van der Waals surface area contributed by atoms with Crippen LogP contribution in [-0.2, 0) is 65.4 Å². The van der Waals surface area contributed by atoms with E-state index < -0.39 is 97.5 Å². The van der Waals surface area contributed by atoms with Crippen molar-refractivity contribution in [3.05, 3.63) is 0 Å². The van der Waals surface area contributed by atoms with Gasteiger partial charge < -0.3 is 33.8 Å². The zero-order chi connectivity index (χ0) is 74.2. The summed E-state index contributed by atoms with van der Waals surface area (Å²) in [6.45, 7) is 9.66. The van der Waals surface area contributed by atoms with Crippen LogP contribution in [0.4, 0.5) is 0 Å². The lowest BCUT2D eigenvalue weighted by molar-refractivity contribution is -0.161. The minimum atomic E-state index is -4.96. The monoisotopic (exact) mass is 1480 g/mol. The van der Waals surface area contributed by atoms with E-state index >= 15 is 0 Å². The van der Waals surface area contributed by atoms with Crippen LogP contribution in [0.15, 0.2) is 0 Å². The molecule has 5 atom stereocenters. The van der Waals surface area contributed by atoms with Gasteiger partial charge in [-0.05, 0) is 37.5 Å². The van der Waals surface area contributed by atoms with Crippen LogP contribution in [0.1, 0.15) is 433 Å². The lowest BCUT2D eigenvalue weighted by atomic mass is 10.0. The van der Waals surface area contributed by atoms with Gasteiger partial charge in [0.1, 0.15) is 19.3 Å². The van der Waals surface area contributed by atoms with Gasteiger partial charge in [-0.1, -0.05) is 382 Å². The summed E-state index contributed by atoms with van der Waals surface area (Å²) in [5.74, 6) is -0.550. The van der Waals surface area contributed by atoms with Crippen molar-refractivity contribution in [2.45, 2.75) is 452 Å². The van der Waals surface area contributed by atoms with E-state index in [0.29, 0.717) is 25.7 Å². The summed E-state index contributed by atoms with van der Waals surface area (Å²) in [5.41, 5.74) is 0. The van der Waals surface area contributed by atoms with Crippen molar-refractivity contribution >= 4 is 39.5 Å². The van der Waals surface area contributed by atoms with Crippen molar-refractivity contribution < 1.29 is 80.2 Å². The van der Waals surface area contributed by atoms with Crippen molar-refractivity contribution in [1.82, 2.24) is 0 Å². The molecule has 0 bridgehead atoms. The molecule has 0 fully saturated rings. The van der Waals surface area contributed by atoms with Crippen LogP contribution in [0.2, 0.25) is 0 Å². The van der Waals surface area contributed by atoms with Crippen molar-refractivity contribution in [3.63, 3.8) is 0 Å². The largest absolute Gasteiger partial charge is 0.472 e. The number of ether oxygens (including phenoxy) is 4. The number of phosphoric ester groups is 2. The smallest absolute Gasteiger partial charge is 0.462 e. The lowest BCUT2D eigenvalue weighted by Crippen LogP contribution is -2.30. The maximum absolute atomic E-state index is 13.1. The van der Waals surface area contributed by atoms with Gasteiger partial charge in [-0.3, -0.25) is 37.3 Å². The topological polar surface area (TPSA) is 237 Å². The Morgan fingerprint density at radius 2 is 0.455 bits per heavy atom. The third kappa shape index (κ3) is 76.1. The van der Waals surface area contributed by atoms with Crippen molar-refractivity contribution in [2.24, 2.45) is 11.8 Å². The van der Waals surface area contributed by atoms with Gasteiger partial charge in [-0.15, -0.1) is 0 Å². The van der Waals surface area contributed by atoms with Gasteiger partial charge in [0.25, 0.3) is 0 Å². The Morgan fingerprint density at radius 3 is 0.673 bits per heavy atom. The Morgan fingerprint density at radius 1 is 0.267 bits per heavy atom. The molecule has 0 aliphatic carbocycles. The molecule has 19 heteroatoms. The van der Waals surface area contributed by atoms with Gasteiger partial charge in [0, 0.05) is 25.7 Å². The van der Waals surface area contributed by atoms with Crippen molar-refractivity contribution in [1.29, 1.82) is 0 Å². The van der Waals surface area contributed by atoms with E-state index in [-0.39, 0.29) is 25.7 Å². The number of phosphoric acid groups is 2. The number of carbonyl (C=O) groups excluding carboxylic acids is 4. The Bertz CT molecular complexity index is 1940. The van der Waals surface area contributed by atoms with Gasteiger partial charge in [-0.2, -0.15) is 0 Å². The van der Waals surface area contributed by atoms with Gasteiger partial charge in [-0.25, -0.2) is 9.13 Å². The van der Waals surface area contributed by atoms with E-state index in [1.807, 2.05) is 0 Å². The van der Waals surface area contributed by atoms with Gasteiger partial charge in [0.2, 0.25) is 0 Å². The fraction of sp³-hybridized carbons (Fsp3) is 0.951. The van der Waals surface area contributed by atoms with E-state index in [1.54, 1.807) is 0 Å². The predicted octanol–water partition coefficient (Wildman–Crippen LogP) is 24.7. The Balaban J connectivity index is 5.23. The molecule has 3 N–H and O–H groups in total. The molecule has 0 heterocycles. The fourth-order valence-electron chi connectivity index (χ4n) is 12.7. The summed E-state index contributed by atoms with van der Waals surface area (Å²) in [4.78, 5) is 73.1.